The second-order valence-corrected chi connectivity index (χ2v) is 9.39. The number of aromatic nitrogens is 1. The van der Waals surface area contributed by atoms with Crippen LogP contribution in [0.3, 0.4) is 0 Å². The van der Waals surface area contributed by atoms with Crippen molar-refractivity contribution >= 4 is 32.7 Å². The lowest BCUT2D eigenvalue weighted by Gasteiger charge is -2.35. The second kappa shape index (κ2) is 5.33. The molecule has 3 aliphatic rings. The zero-order chi connectivity index (χ0) is 18.2. The average molecular weight is 373 g/mol. The van der Waals surface area contributed by atoms with Crippen LogP contribution in [0.5, 0.6) is 5.75 Å². The Morgan fingerprint density at radius 1 is 1.31 bits per heavy atom. The van der Waals surface area contributed by atoms with Crippen molar-refractivity contribution in [3.05, 3.63) is 17.7 Å². The monoisotopic (exact) mass is 373 g/mol. The maximum atomic E-state index is 13.3. The number of benzene rings is 1. The lowest BCUT2D eigenvalue weighted by Crippen LogP contribution is -2.48. The molecule has 1 N–H and O–H groups in total. The molecular formula is C19H23N3O3S. The minimum Gasteiger partial charge on any atom is -0.493 e. The molecule has 2 aromatic rings. The summed E-state index contributed by atoms with van der Waals surface area (Å²) in [6, 6.07) is 3.79. The van der Waals surface area contributed by atoms with Crippen molar-refractivity contribution < 1.29 is 14.6 Å². The van der Waals surface area contributed by atoms with Crippen LogP contribution in [-0.2, 0) is 6.42 Å². The van der Waals surface area contributed by atoms with Gasteiger partial charge in [0.2, 0.25) is 0 Å². The van der Waals surface area contributed by atoms with E-state index < -0.39 is 6.10 Å². The zero-order valence-corrected chi connectivity index (χ0v) is 16.0. The minimum absolute atomic E-state index is 0.0403. The van der Waals surface area contributed by atoms with Gasteiger partial charge in [0.1, 0.15) is 5.75 Å². The number of aliphatic hydroxyl groups excluding tert-OH is 1. The Balaban J connectivity index is 1.63. The van der Waals surface area contributed by atoms with Gasteiger partial charge in [-0.3, -0.25) is 4.90 Å². The fourth-order valence-electron chi connectivity index (χ4n) is 4.71. The van der Waals surface area contributed by atoms with Crippen molar-refractivity contribution in [2.75, 3.05) is 11.5 Å². The Hall–Kier alpha value is -1.86. The third-order valence-corrected chi connectivity index (χ3v) is 6.76. The molecular weight excluding hydrogens is 350 g/mol. The van der Waals surface area contributed by atoms with Crippen molar-refractivity contribution in [1.29, 1.82) is 0 Å². The molecule has 3 atom stereocenters. The van der Waals surface area contributed by atoms with Gasteiger partial charge >= 0.3 is 6.03 Å². The van der Waals surface area contributed by atoms with Crippen LogP contribution < -0.4 is 9.64 Å². The molecule has 1 aliphatic carbocycles. The summed E-state index contributed by atoms with van der Waals surface area (Å²) < 4.78 is 6.71. The maximum Gasteiger partial charge on any atom is 0.327 e. The van der Waals surface area contributed by atoms with Crippen molar-refractivity contribution in [1.82, 2.24) is 9.88 Å². The summed E-state index contributed by atoms with van der Waals surface area (Å²) in [5.74, 6) is 0.900. The number of urea groups is 1. The molecule has 138 valence electrons. The number of aliphatic hydroxyl groups is 1. The quantitative estimate of drug-likeness (QED) is 0.834. The van der Waals surface area contributed by atoms with E-state index in [9.17, 15) is 9.90 Å². The average Bonchev–Trinajstić information content (AvgIpc) is 3.29. The first-order chi connectivity index (χ1) is 12.4. The lowest BCUT2D eigenvalue weighted by molar-refractivity contribution is 0.130. The van der Waals surface area contributed by atoms with Crippen LogP contribution in [0.15, 0.2) is 12.1 Å². The fraction of sp³-hybridized carbons (Fsp3) is 0.579. The number of carbonyl (C=O) groups excluding carboxylic acids is 1. The molecule has 0 bridgehead atoms. The number of hydrogen-bond acceptors (Lipinski definition) is 5. The third kappa shape index (κ3) is 2.13. The Kier molecular flexibility index (Phi) is 3.35. The van der Waals surface area contributed by atoms with Gasteiger partial charge < -0.3 is 14.7 Å². The number of carbonyl (C=O) groups is 1. The highest BCUT2D eigenvalue weighted by Crippen LogP contribution is 2.45. The number of anilines is 1. The number of fused-ring (bicyclic) bond motifs is 4. The predicted octanol–water partition coefficient (Wildman–Crippen LogP) is 3.16. The second-order valence-electron chi connectivity index (χ2n) is 8.38. The van der Waals surface area contributed by atoms with E-state index in [-0.39, 0.29) is 23.7 Å². The van der Waals surface area contributed by atoms with E-state index in [0.717, 1.165) is 40.8 Å². The van der Waals surface area contributed by atoms with E-state index in [4.69, 9.17) is 9.72 Å². The van der Waals surface area contributed by atoms with E-state index in [1.807, 2.05) is 17.0 Å². The summed E-state index contributed by atoms with van der Waals surface area (Å²) in [7, 11) is 0. The van der Waals surface area contributed by atoms with Crippen molar-refractivity contribution in [3.8, 4) is 5.75 Å². The maximum absolute atomic E-state index is 13.3. The number of rotatable bonds is 1. The van der Waals surface area contributed by atoms with E-state index >= 15 is 0 Å². The van der Waals surface area contributed by atoms with E-state index in [2.05, 4.69) is 20.8 Å². The van der Waals surface area contributed by atoms with Crippen LogP contribution in [0.25, 0.3) is 10.2 Å². The smallest absolute Gasteiger partial charge is 0.327 e. The summed E-state index contributed by atoms with van der Waals surface area (Å²) in [4.78, 5) is 21.8. The van der Waals surface area contributed by atoms with Gasteiger partial charge in [-0.2, -0.15) is 0 Å². The molecule has 6 nitrogen and oxygen atoms in total. The molecule has 26 heavy (non-hydrogen) atoms. The van der Waals surface area contributed by atoms with Crippen LogP contribution in [0, 0.1) is 0 Å². The third-order valence-electron chi connectivity index (χ3n) is 5.74. The SMILES string of the molecule is CC(C)(C)N1C(=O)N(c2nc3c4c(ccc3s2)OCC4)C2C(O)CCC21. The molecule has 0 spiro atoms. The largest absolute Gasteiger partial charge is 0.493 e. The molecule has 2 aliphatic heterocycles. The first-order valence-corrected chi connectivity index (χ1v) is 10.0. The number of amides is 2. The number of hydrogen-bond donors (Lipinski definition) is 1. The molecule has 7 heteroatoms. The van der Waals surface area contributed by atoms with Gasteiger partial charge in [0.15, 0.2) is 5.13 Å². The van der Waals surface area contributed by atoms with Crippen molar-refractivity contribution in [2.45, 2.75) is 63.8 Å². The van der Waals surface area contributed by atoms with E-state index in [1.54, 1.807) is 4.90 Å². The lowest BCUT2D eigenvalue weighted by atomic mass is 10.0. The Bertz CT molecular complexity index is 903. The van der Waals surface area contributed by atoms with Gasteiger partial charge in [-0.25, -0.2) is 9.78 Å². The zero-order valence-electron chi connectivity index (χ0n) is 15.2. The standard InChI is InChI=1S/C19H23N3O3S/c1-19(2,3)22-11-4-5-12(23)16(11)21(18(22)24)17-20-15-10-8-9-25-13(10)6-7-14(15)26-17/h6-7,11-12,16,23H,4-5,8-9H2,1-3H3. The Morgan fingerprint density at radius 2 is 2.12 bits per heavy atom. The number of nitrogens with zero attached hydrogens (tertiary/aromatic N) is 3. The highest BCUT2D eigenvalue weighted by atomic mass is 32.1. The predicted molar refractivity (Wildman–Crippen MR) is 101 cm³/mol. The van der Waals surface area contributed by atoms with Crippen LogP contribution in [0.1, 0.15) is 39.2 Å². The molecule has 5 rings (SSSR count). The summed E-state index contributed by atoms with van der Waals surface area (Å²) >= 11 is 1.53. The summed E-state index contributed by atoms with van der Waals surface area (Å²) in [6.45, 7) is 6.85. The summed E-state index contributed by atoms with van der Waals surface area (Å²) in [5.41, 5.74) is 1.78. The van der Waals surface area contributed by atoms with Crippen LogP contribution in [0.2, 0.25) is 0 Å². The van der Waals surface area contributed by atoms with Crippen LogP contribution >= 0.6 is 11.3 Å². The molecule has 1 aromatic carbocycles. The van der Waals surface area contributed by atoms with Gasteiger partial charge in [-0.1, -0.05) is 11.3 Å². The van der Waals surface area contributed by atoms with E-state index in [1.165, 1.54) is 11.3 Å². The summed E-state index contributed by atoms with van der Waals surface area (Å²) in [6.07, 6.45) is 1.91. The normalized spacial score (nSPS) is 28.0. The molecule has 3 heterocycles. The van der Waals surface area contributed by atoms with Crippen molar-refractivity contribution in [2.24, 2.45) is 0 Å². The van der Waals surface area contributed by atoms with Gasteiger partial charge in [0, 0.05) is 17.5 Å². The number of ether oxygens (including phenoxy) is 1. The molecule has 2 fully saturated rings. The first-order valence-electron chi connectivity index (χ1n) is 9.22. The van der Waals surface area contributed by atoms with Gasteiger partial charge in [0.25, 0.3) is 0 Å². The van der Waals surface area contributed by atoms with Crippen molar-refractivity contribution in [3.63, 3.8) is 0 Å². The van der Waals surface area contributed by atoms with Gasteiger partial charge in [-0.15, -0.1) is 0 Å². The van der Waals surface area contributed by atoms with Gasteiger partial charge in [0.05, 0.1) is 35.0 Å². The molecule has 2 amide bonds. The molecule has 0 radical (unpaired) electrons. The minimum atomic E-state index is -0.502. The van der Waals surface area contributed by atoms with Crippen LogP contribution in [-0.4, -0.2) is 51.4 Å². The Morgan fingerprint density at radius 3 is 2.88 bits per heavy atom. The highest BCUT2D eigenvalue weighted by Gasteiger charge is 2.56. The number of thiazole rings is 1. The first kappa shape index (κ1) is 16.3. The Labute approximate surface area is 156 Å². The fourth-order valence-corrected chi connectivity index (χ4v) is 5.74. The summed E-state index contributed by atoms with van der Waals surface area (Å²) in [5, 5.41) is 11.3. The van der Waals surface area contributed by atoms with Gasteiger partial charge in [-0.05, 0) is 45.7 Å². The molecule has 1 aromatic heterocycles. The molecule has 1 saturated heterocycles. The van der Waals surface area contributed by atoms with Crippen LogP contribution in [0.4, 0.5) is 9.93 Å². The highest BCUT2D eigenvalue weighted by molar-refractivity contribution is 7.22. The molecule has 1 saturated carbocycles. The van der Waals surface area contributed by atoms with E-state index in [0.29, 0.717) is 11.7 Å². The molecule has 3 unspecified atom stereocenters. The topological polar surface area (TPSA) is 65.9 Å².